The molecule has 0 fully saturated rings. The third-order valence-corrected chi connectivity index (χ3v) is 2.92. The van der Waals surface area contributed by atoms with E-state index in [1.807, 2.05) is 12.2 Å². The van der Waals surface area contributed by atoms with E-state index in [0.29, 0.717) is 11.5 Å². The lowest BCUT2D eigenvalue weighted by atomic mass is 10.2. The molecule has 1 aromatic rings. The van der Waals surface area contributed by atoms with E-state index in [-0.39, 0.29) is 5.69 Å². The first kappa shape index (κ1) is 11.9. The Balaban J connectivity index is 2.16. The van der Waals surface area contributed by atoms with Crippen LogP contribution in [0.2, 0.25) is 0 Å². The number of benzene rings is 1. The van der Waals surface area contributed by atoms with Gasteiger partial charge in [0.1, 0.15) is 11.5 Å². The Morgan fingerprint density at radius 1 is 1.41 bits per heavy atom. The van der Waals surface area contributed by atoms with Gasteiger partial charge in [-0.15, -0.1) is 0 Å². The number of rotatable bonds is 3. The summed E-state index contributed by atoms with van der Waals surface area (Å²) < 4.78 is 6.64. The molecule has 4 nitrogen and oxygen atoms in total. The Morgan fingerprint density at radius 2 is 2.24 bits per heavy atom. The van der Waals surface area contributed by atoms with Crippen LogP contribution in [0.25, 0.3) is 0 Å². The molecule has 1 aliphatic rings. The maximum Gasteiger partial charge on any atom is 0.273 e. The minimum absolute atomic E-state index is 0.0296. The van der Waals surface area contributed by atoms with E-state index in [4.69, 9.17) is 4.74 Å². The SMILES string of the molecule is O=[N+]([O-])c1cccc(OC2=CCCC(Br)=C2)c1. The molecule has 0 N–H and O–H groups in total. The van der Waals surface area contributed by atoms with Crippen LogP contribution in [0.3, 0.4) is 0 Å². The topological polar surface area (TPSA) is 52.4 Å². The first-order valence-electron chi connectivity index (χ1n) is 5.14. The molecule has 0 spiro atoms. The fraction of sp³-hybridized carbons (Fsp3) is 0.167. The van der Waals surface area contributed by atoms with Crippen molar-refractivity contribution in [1.82, 2.24) is 0 Å². The number of hydrogen-bond donors (Lipinski definition) is 0. The number of hydrogen-bond acceptors (Lipinski definition) is 3. The molecule has 0 radical (unpaired) electrons. The van der Waals surface area contributed by atoms with Crippen LogP contribution in [-0.2, 0) is 0 Å². The van der Waals surface area contributed by atoms with Gasteiger partial charge in [-0.1, -0.05) is 22.0 Å². The molecule has 0 bridgehead atoms. The summed E-state index contributed by atoms with van der Waals surface area (Å²) in [4.78, 5) is 10.2. The highest BCUT2D eigenvalue weighted by Gasteiger charge is 2.09. The smallest absolute Gasteiger partial charge is 0.273 e. The second-order valence-electron chi connectivity index (χ2n) is 3.59. The van der Waals surface area contributed by atoms with Crippen LogP contribution in [0.5, 0.6) is 5.75 Å². The number of nitrogens with zero attached hydrogens (tertiary/aromatic N) is 1. The van der Waals surface area contributed by atoms with Crippen LogP contribution in [0.15, 0.2) is 46.7 Å². The maximum atomic E-state index is 10.6. The Hall–Kier alpha value is -1.62. The normalized spacial score (nSPS) is 14.9. The zero-order chi connectivity index (χ0) is 12.3. The fourth-order valence-corrected chi connectivity index (χ4v) is 1.96. The first-order valence-corrected chi connectivity index (χ1v) is 5.93. The van der Waals surface area contributed by atoms with Gasteiger partial charge in [-0.05, 0) is 35.5 Å². The summed E-state index contributed by atoms with van der Waals surface area (Å²) >= 11 is 3.41. The second-order valence-corrected chi connectivity index (χ2v) is 4.61. The van der Waals surface area contributed by atoms with Gasteiger partial charge in [0.15, 0.2) is 0 Å². The van der Waals surface area contributed by atoms with Gasteiger partial charge < -0.3 is 4.74 Å². The molecular weight excluding hydrogens is 286 g/mol. The summed E-state index contributed by atoms with van der Waals surface area (Å²) in [5.74, 6) is 1.19. The third kappa shape index (κ3) is 3.17. The number of nitro groups is 1. The first-order chi connectivity index (χ1) is 8.15. The summed E-state index contributed by atoms with van der Waals surface area (Å²) in [7, 11) is 0. The average Bonchev–Trinajstić information content (AvgIpc) is 2.29. The number of nitro benzene ring substituents is 1. The largest absolute Gasteiger partial charge is 0.457 e. The molecule has 0 aliphatic heterocycles. The van der Waals surface area contributed by atoms with Crippen molar-refractivity contribution < 1.29 is 9.66 Å². The van der Waals surface area contributed by atoms with E-state index >= 15 is 0 Å². The number of non-ortho nitro benzene ring substituents is 1. The van der Waals surface area contributed by atoms with Crippen LogP contribution in [0.1, 0.15) is 12.8 Å². The summed E-state index contributed by atoms with van der Waals surface area (Å²) in [6.07, 6.45) is 5.70. The lowest BCUT2D eigenvalue weighted by molar-refractivity contribution is -0.384. The molecule has 1 aliphatic carbocycles. The molecule has 5 heteroatoms. The van der Waals surface area contributed by atoms with Crippen LogP contribution in [-0.4, -0.2) is 4.92 Å². The van der Waals surface area contributed by atoms with Crippen molar-refractivity contribution in [2.45, 2.75) is 12.8 Å². The molecule has 2 rings (SSSR count). The van der Waals surface area contributed by atoms with Crippen molar-refractivity contribution in [2.75, 3.05) is 0 Å². The average molecular weight is 296 g/mol. The lowest BCUT2D eigenvalue weighted by Gasteiger charge is -2.11. The summed E-state index contributed by atoms with van der Waals surface area (Å²) in [5.41, 5.74) is 0.0296. The summed E-state index contributed by atoms with van der Waals surface area (Å²) in [6.45, 7) is 0. The Labute approximate surface area is 107 Å². The molecule has 0 unspecified atom stereocenters. The minimum atomic E-state index is -0.437. The fourth-order valence-electron chi connectivity index (χ4n) is 1.51. The Bertz CT molecular complexity index is 508. The highest BCUT2D eigenvalue weighted by Crippen LogP contribution is 2.26. The lowest BCUT2D eigenvalue weighted by Crippen LogP contribution is -1.97. The quantitative estimate of drug-likeness (QED) is 0.627. The van der Waals surface area contributed by atoms with Crippen LogP contribution in [0.4, 0.5) is 5.69 Å². The van der Waals surface area contributed by atoms with Gasteiger partial charge in [0, 0.05) is 6.07 Å². The van der Waals surface area contributed by atoms with E-state index in [9.17, 15) is 10.1 Å². The predicted octanol–water partition coefficient (Wildman–Crippen LogP) is 3.93. The van der Waals surface area contributed by atoms with Crippen LogP contribution in [0, 0.1) is 10.1 Å². The van der Waals surface area contributed by atoms with E-state index in [1.165, 1.54) is 12.1 Å². The Morgan fingerprint density at radius 3 is 2.94 bits per heavy atom. The number of ether oxygens (including phenoxy) is 1. The molecule has 0 aromatic heterocycles. The van der Waals surface area contributed by atoms with Crippen LogP contribution >= 0.6 is 15.9 Å². The molecule has 0 atom stereocenters. The molecule has 17 heavy (non-hydrogen) atoms. The number of allylic oxidation sites excluding steroid dienone is 3. The molecule has 0 amide bonds. The van der Waals surface area contributed by atoms with Gasteiger partial charge in [-0.25, -0.2) is 0 Å². The summed E-state index contributed by atoms with van der Waals surface area (Å²) in [6, 6.07) is 6.16. The highest BCUT2D eigenvalue weighted by atomic mass is 79.9. The summed E-state index contributed by atoms with van der Waals surface area (Å²) in [5, 5.41) is 10.6. The van der Waals surface area contributed by atoms with Gasteiger partial charge in [-0.3, -0.25) is 10.1 Å². The van der Waals surface area contributed by atoms with Gasteiger partial charge in [0.2, 0.25) is 0 Å². The van der Waals surface area contributed by atoms with Crippen molar-refractivity contribution in [3.8, 4) is 5.75 Å². The minimum Gasteiger partial charge on any atom is -0.457 e. The highest BCUT2D eigenvalue weighted by molar-refractivity contribution is 9.11. The molecule has 0 saturated heterocycles. The van der Waals surface area contributed by atoms with Gasteiger partial charge in [0.05, 0.1) is 11.0 Å². The van der Waals surface area contributed by atoms with E-state index in [1.54, 1.807) is 12.1 Å². The zero-order valence-electron chi connectivity index (χ0n) is 8.93. The third-order valence-electron chi connectivity index (χ3n) is 2.29. The van der Waals surface area contributed by atoms with E-state index in [0.717, 1.165) is 17.3 Å². The van der Waals surface area contributed by atoms with Crippen molar-refractivity contribution in [1.29, 1.82) is 0 Å². The maximum absolute atomic E-state index is 10.6. The molecule has 0 saturated carbocycles. The molecular formula is C12H10BrNO3. The molecule has 88 valence electrons. The van der Waals surface area contributed by atoms with E-state index < -0.39 is 4.92 Å². The standard InChI is InChI=1S/C12H10BrNO3/c13-9-3-1-5-11(7-9)17-12-6-2-4-10(8-12)14(15)16/h2,4-8H,1,3H2. The van der Waals surface area contributed by atoms with Gasteiger partial charge in [-0.2, -0.15) is 0 Å². The van der Waals surface area contributed by atoms with Gasteiger partial charge in [0.25, 0.3) is 5.69 Å². The van der Waals surface area contributed by atoms with Crippen LogP contribution < -0.4 is 4.74 Å². The Kier molecular flexibility index (Phi) is 3.58. The molecule has 1 aromatic carbocycles. The predicted molar refractivity (Wildman–Crippen MR) is 68.1 cm³/mol. The van der Waals surface area contributed by atoms with E-state index in [2.05, 4.69) is 15.9 Å². The van der Waals surface area contributed by atoms with Crippen molar-refractivity contribution in [3.63, 3.8) is 0 Å². The number of halogens is 1. The van der Waals surface area contributed by atoms with Gasteiger partial charge >= 0.3 is 0 Å². The van der Waals surface area contributed by atoms with Crippen molar-refractivity contribution in [2.24, 2.45) is 0 Å². The monoisotopic (exact) mass is 295 g/mol. The van der Waals surface area contributed by atoms with Crippen molar-refractivity contribution >= 4 is 21.6 Å². The second kappa shape index (κ2) is 5.14. The van der Waals surface area contributed by atoms with Crippen molar-refractivity contribution in [3.05, 3.63) is 56.8 Å². The zero-order valence-corrected chi connectivity index (χ0v) is 10.5. The molecule has 0 heterocycles.